The number of hydrogen-bond donors (Lipinski definition) is 0. The van der Waals surface area contributed by atoms with Gasteiger partial charge in [-0.15, -0.1) is 0 Å². The number of hydrogen-bond acceptors (Lipinski definition) is 1. The van der Waals surface area contributed by atoms with Crippen molar-refractivity contribution in [1.29, 1.82) is 5.26 Å². The Labute approximate surface area is 81.5 Å². The third kappa shape index (κ3) is 2.59. The van der Waals surface area contributed by atoms with Crippen molar-refractivity contribution in [2.24, 2.45) is 11.3 Å². The molecule has 0 aliphatic heterocycles. The van der Waals surface area contributed by atoms with Crippen molar-refractivity contribution >= 4 is 0 Å². The quantitative estimate of drug-likeness (QED) is 0.518. The summed E-state index contributed by atoms with van der Waals surface area (Å²) < 4.78 is 0. The molecule has 1 unspecified atom stereocenters. The van der Waals surface area contributed by atoms with Crippen LogP contribution in [0.5, 0.6) is 0 Å². The van der Waals surface area contributed by atoms with Crippen molar-refractivity contribution in [1.82, 2.24) is 0 Å². The van der Waals surface area contributed by atoms with Crippen LogP contribution < -0.4 is 0 Å². The minimum Gasteiger partial charge on any atom is -0.193 e. The summed E-state index contributed by atoms with van der Waals surface area (Å²) in [5.74, 6) is 0.626. The molecular formula is C12H19N. The topological polar surface area (TPSA) is 23.8 Å². The van der Waals surface area contributed by atoms with Gasteiger partial charge in [-0.05, 0) is 30.6 Å². The van der Waals surface area contributed by atoms with Gasteiger partial charge in [0.2, 0.25) is 0 Å². The van der Waals surface area contributed by atoms with Crippen LogP contribution in [0.25, 0.3) is 0 Å². The highest BCUT2D eigenvalue weighted by atomic mass is 14.3. The second-order valence-electron chi connectivity index (χ2n) is 5.01. The van der Waals surface area contributed by atoms with Crippen LogP contribution in [0, 0.1) is 22.7 Å². The van der Waals surface area contributed by atoms with Crippen LogP contribution in [-0.2, 0) is 0 Å². The maximum atomic E-state index is 8.68. The molecule has 1 nitrogen and oxygen atoms in total. The second kappa shape index (κ2) is 3.96. The van der Waals surface area contributed by atoms with E-state index in [9.17, 15) is 0 Å². The van der Waals surface area contributed by atoms with Crippen LogP contribution in [-0.4, -0.2) is 0 Å². The van der Waals surface area contributed by atoms with Crippen molar-refractivity contribution < 1.29 is 0 Å². The molecule has 13 heavy (non-hydrogen) atoms. The summed E-state index contributed by atoms with van der Waals surface area (Å²) >= 11 is 0. The summed E-state index contributed by atoms with van der Waals surface area (Å²) in [6.45, 7) is 6.82. The van der Waals surface area contributed by atoms with E-state index < -0.39 is 0 Å². The van der Waals surface area contributed by atoms with Crippen LogP contribution in [0.3, 0.4) is 0 Å². The lowest BCUT2D eigenvalue weighted by atomic mass is 9.69. The van der Waals surface area contributed by atoms with Gasteiger partial charge in [0.1, 0.15) is 0 Å². The van der Waals surface area contributed by atoms with Gasteiger partial charge < -0.3 is 0 Å². The van der Waals surface area contributed by atoms with Gasteiger partial charge in [0.15, 0.2) is 0 Å². The van der Waals surface area contributed by atoms with Crippen LogP contribution in [0.1, 0.15) is 46.5 Å². The predicted octanol–water partition coefficient (Wildman–Crippen LogP) is 3.67. The molecular weight excluding hydrogens is 158 g/mol. The van der Waals surface area contributed by atoms with Gasteiger partial charge in [-0.25, -0.2) is 0 Å². The van der Waals surface area contributed by atoms with E-state index >= 15 is 0 Å². The molecule has 1 fully saturated rings. The van der Waals surface area contributed by atoms with Crippen LogP contribution in [0.15, 0.2) is 11.6 Å². The monoisotopic (exact) mass is 177 g/mol. The fourth-order valence-corrected chi connectivity index (χ4v) is 2.28. The molecule has 0 aromatic rings. The van der Waals surface area contributed by atoms with Crippen LogP contribution in [0.4, 0.5) is 0 Å². The normalized spacial score (nSPS) is 27.2. The van der Waals surface area contributed by atoms with E-state index in [0.29, 0.717) is 11.3 Å². The standard InChI is InChI=1S/C12H19N/c1-12(2,3)11-7-5-4-6-10(11)8-9-13/h8,11H,4-7H2,1-3H3/b10-8+. The molecule has 1 aliphatic carbocycles. The lowest BCUT2D eigenvalue weighted by molar-refractivity contribution is 0.236. The number of nitrogens with zero attached hydrogens (tertiary/aromatic N) is 1. The molecule has 0 amide bonds. The number of rotatable bonds is 0. The zero-order valence-electron chi connectivity index (χ0n) is 8.93. The summed E-state index contributed by atoms with van der Waals surface area (Å²) in [4.78, 5) is 0. The Kier molecular flexibility index (Phi) is 3.14. The summed E-state index contributed by atoms with van der Waals surface area (Å²) in [6, 6.07) is 2.18. The zero-order valence-corrected chi connectivity index (χ0v) is 8.93. The minimum absolute atomic E-state index is 0.323. The fourth-order valence-electron chi connectivity index (χ4n) is 2.28. The highest BCUT2D eigenvalue weighted by Crippen LogP contribution is 2.41. The maximum Gasteiger partial charge on any atom is 0.0911 e. The second-order valence-corrected chi connectivity index (χ2v) is 5.01. The Morgan fingerprint density at radius 1 is 1.38 bits per heavy atom. The van der Waals surface area contributed by atoms with Crippen molar-refractivity contribution in [2.75, 3.05) is 0 Å². The number of nitriles is 1. The molecule has 0 spiro atoms. The average molecular weight is 177 g/mol. The molecule has 72 valence electrons. The van der Waals surface area contributed by atoms with Gasteiger partial charge >= 0.3 is 0 Å². The minimum atomic E-state index is 0.323. The third-order valence-electron chi connectivity index (χ3n) is 2.95. The molecule has 0 saturated heterocycles. The Morgan fingerprint density at radius 3 is 2.62 bits per heavy atom. The Morgan fingerprint density at radius 2 is 2.08 bits per heavy atom. The van der Waals surface area contributed by atoms with Crippen molar-refractivity contribution in [3.05, 3.63) is 11.6 Å². The lowest BCUT2D eigenvalue weighted by Crippen LogP contribution is -2.25. The van der Waals surface area contributed by atoms with Gasteiger partial charge in [-0.2, -0.15) is 5.26 Å². The summed E-state index contributed by atoms with van der Waals surface area (Å²) in [7, 11) is 0. The van der Waals surface area contributed by atoms with E-state index in [0.717, 1.165) is 6.42 Å². The summed E-state index contributed by atoms with van der Waals surface area (Å²) in [5.41, 5.74) is 1.70. The fraction of sp³-hybridized carbons (Fsp3) is 0.750. The SMILES string of the molecule is CC(C)(C)C1CCCC/C1=C\C#N. The molecule has 0 radical (unpaired) electrons. The average Bonchev–Trinajstić information content (AvgIpc) is 2.04. The van der Waals surface area contributed by atoms with Crippen LogP contribution >= 0.6 is 0 Å². The van der Waals surface area contributed by atoms with Gasteiger partial charge in [-0.3, -0.25) is 0 Å². The van der Waals surface area contributed by atoms with Gasteiger partial charge in [-0.1, -0.05) is 32.8 Å². The first-order chi connectivity index (χ1) is 6.05. The van der Waals surface area contributed by atoms with E-state index in [2.05, 4.69) is 26.8 Å². The van der Waals surface area contributed by atoms with Crippen molar-refractivity contribution in [3.8, 4) is 6.07 Å². The molecule has 1 saturated carbocycles. The van der Waals surface area contributed by atoms with Crippen molar-refractivity contribution in [2.45, 2.75) is 46.5 Å². The molecule has 0 N–H and O–H groups in total. The van der Waals surface area contributed by atoms with E-state index in [4.69, 9.17) is 5.26 Å². The number of allylic oxidation sites excluding steroid dienone is 2. The zero-order chi connectivity index (χ0) is 9.90. The predicted molar refractivity (Wildman–Crippen MR) is 55.1 cm³/mol. The Balaban J connectivity index is 2.81. The first-order valence-electron chi connectivity index (χ1n) is 5.14. The van der Waals surface area contributed by atoms with Crippen LogP contribution in [0.2, 0.25) is 0 Å². The smallest absolute Gasteiger partial charge is 0.0911 e. The third-order valence-corrected chi connectivity index (χ3v) is 2.95. The molecule has 0 aromatic heterocycles. The molecule has 1 aliphatic rings. The molecule has 1 rings (SSSR count). The van der Waals surface area contributed by atoms with E-state index in [1.807, 2.05) is 0 Å². The van der Waals surface area contributed by atoms with Gasteiger partial charge in [0.05, 0.1) is 6.07 Å². The van der Waals surface area contributed by atoms with E-state index in [-0.39, 0.29) is 0 Å². The molecule has 1 heteroatoms. The van der Waals surface area contributed by atoms with Crippen molar-refractivity contribution in [3.63, 3.8) is 0 Å². The highest BCUT2D eigenvalue weighted by Gasteiger charge is 2.29. The van der Waals surface area contributed by atoms with E-state index in [1.54, 1.807) is 6.08 Å². The molecule has 0 aromatic carbocycles. The Hall–Kier alpha value is -0.770. The van der Waals surface area contributed by atoms with Gasteiger partial charge in [0, 0.05) is 6.08 Å². The lowest BCUT2D eigenvalue weighted by Gasteiger charge is -2.35. The molecule has 0 heterocycles. The van der Waals surface area contributed by atoms with E-state index in [1.165, 1.54) is 24.8 Å². The largest absolute Gasteiger partial charge is 0.193 e. The maximum absolute atomic E-state index is 8.68. The molecule has 0 bridgehead atoms. The van der Waals surface area contributed by atoms with Gasteiger partial charge in [0.25, 0.3) is 0 Å². The summed E-state index contributed by atoms with van der Waals surface area (Å²) in [6.07, 6.45) is 6.76. The Bertz CT molecular complexity index is 237. The first kappa shape index (κ1) is 10.3. The highest BCUT2D eigenvalue weighted by molar-refractivity contribution is 5.19. The molecule has 1 atom stereocenters. The first-order valence-corrected chi connectivity index (χ1v) is 5.14. The summed E-state index contributed by atoms with van der Waals surface area (Å²) in [5, 5.41) is 8.68.